The molecule has 0 spiro atoms. The van der Waals surface area contributed by atoms with Gasteiger partial charge in [-0.05, 0) is 127 Å². The van der Waals surface area contributed by atoms with Crippen LogP contribution in [0.15, 0.2) is 48.5 Å². The Kier molecular flexibility index (Phi) is 5.64. The highest BCUT2D eigenvalue weighted by molar-refractivity contribution is 7.00. The van der Waals surface area contributed by atoms with E-state index in [1.54, 1.807) is 50.3 Å². The van der Waals surface area contributed by atoms with E-state index in [4.69, 9.17) is 0 Å². The zero-order valence-corrected chi connectivity index (χ0v) is 31.4. The maximum atomic E-state index is 3.00. The van der Waals surface area contributed by atoms with Gasteiger partial charge >= 0.3 is 0 Å². The average Bonchev–Trinajstić information content (AvgIpc) is 3.45. The monoisotopic (exact) mass is 648 g/mol. The second kappa shape index (κ2) is 9.21. The molecule has 8 unspecified atom stereocenters. The van der Waals surface area contributed by atoms with Gasteiger partial charge in [0.05, 0.1) is 11.1 Å². The van der Waals surface area contributed by atoms with Gasteiger partial charge in [-0.1, -0.05) is 110 Å². The molecule has 3 heteroatoms. The van der Waals surface area contributed by atoms with Gasteiger partial charge in [0, 0.05) is 33.6 Å². The first-order valence-electron chi connectivity index (χ1n) is 20.5. The maximum Gasteiger partial charge on any atom is 0.252 e. The Hall–Kier alpha value is -2.68. The van der Waals surface area contributed by atoms with E-state index in [1.165, 1.54) is 82.6 Å². The van der Waals surface area contributed by atoms with Crippen LogP contribution in [0.4, 0.5) is 22.7 Å². The zero-order chi connectivity index (χ0) is 33.5. The van der Waals surface area contributed by atoms with E-state index in [0.29, 0.717) is 6.71 Å². The van der Waals surface area contributed by atoms with Gasteiger partial charge in [-0.3, -0.25) is 0 Å². The SMILES string of the molecule is CC(C)(C)c1cc2c3c(c1)N1c4c(cccc4C4(C)C5CCCCC5CCC14C)B3c1cccc3c1N2C1(C)CCC2CCCCC2C31C. The quantitative estimate of drug-likeness (QED) is 0.224. The van der Waals surface area contributed by atoms with Crippen LogP contribution < -0.4 is 26.2 Å². The minimum absolute atomic E-state index is 0.0660. The Morgan fingerprint density at radius 2 is 1.06 bits per heavy atom. The molecule has 4 aliphatic carbocycles. The lowest BCUT2D eigenvalue weighted by Crippen LogP contribution is -2.68. The first kappa shape index (κ1) is 30.0. The Morgan fingerprint density at radius 1 is 0.612 bits per heavy atom. The molecule has 4 saturated carbocycles. The summed E-state index contributed by atoms with van der Waals surface area (Å²) < 4.78 is 0. The van der Waals surface area contributed by atoms with Crippen molar-refractivity contribution in [1.29, 1.82) is 0 Å². The fourth-order valence-electron chi connectivity index (χ4n) is 14.9. The van der Waals surface area contributed by atoms with E-state index >= 15 is 0 Å². The smallest absolute Gasteiger partial charge is 0.252 e. The van der Waals surface area contributed by atoms with Crippen LogP contribution in [0.2, 0.25) is 0 Å². The van der Waals surface area contributed by atoms with E-state index in [-0.39, 0.29) is 27.3 Å². The Labute approximate surface area is 296 Å². The van der Waals surface area contributed by atoms with E-state index in [2.05, 4.69) is 107 Å². The molecule has 8 aliphatic rings. The molecule has 3 aromatic rings. The Bertz CT molecular complexity index is 1830. The Morgan fingerprint density at radius 3 is 1.51 bits per heavy atom. The summed E-state index contributed by atoms with van der Waals surface area (Å²) in [5.41, 5.74) is 16.5. The van der Waals surface area contributed by atoms with Gasteiger partial charge in [-0.2, -0.15) is 0 Å². The minimum atomic E-state index is 0.0660. The van der Waals surface area contributed by atoms with Crippen LogP contribution in [0.3, 0.4) is 0 Å². The van der Waals surface area contributed by atoms with Crippen molar-refractivity contribution >= 4 is 45.9 Å². The zero-order valence-electron chi connectivity index (χ0n) is 31.4. The third-order valence-electron chi connectivity index (χ3n) is 17.6. The number of rotatable bonds is 0. The predicted octanol–water partition coefficient (Wildman–Crippen LogP) is 9.66. The molecule has 11 rings (SSSR count). The van der Waals surface area contributed by atoms with Gasteiger partial charge in [0.1, 0.15) is 0 Å². The number of hydrogen-bond acceptors (Lipinski definition) is 2. The van der Waals surface area contributed by atoms with Crippen LogP contribution in [0.25, 0.3) is 0 Å². The lowest BCUT2D eigenvalue weighted by molar-refractivity contribution is 0.0318. The highest BCUT2D eigenvalue weighted by Crippen LogP contribution is 2.69. The van der Waals surface area contributed by atoms with E-state index in [0.717, 1.165) is 23.7 Å². The normalized spacial score (nSPS) is 39.0. The molecule has 4 fully saturated rings. The van der Waals surface area contributed by atoms with Crippen molar-refractivity contribution in [3.8, 4) is 0 Å². The average molecular weight is 649 g/mol. The molecule has 254 valence electrons. The second-order valence-electron chi connectivity index (χ2n) is 20.1. The van der Waals surface area contributed by atoms with Crippen molar-refractivity contribution < 1.29 is 0 Å². The van der Waals surface area contributed by atoms with Gasteiger partial charge < -0.3 is 9.80 Å². The van der Waals surface area contributed by atoms with Crippen molar-refractivity contribution in [2.24, 2.45) is 23.7 Å². The summed E-state index contributed by atoms with van der Waals surface area (Å²) in [6.07, 6.45) is 16.7. The van der Waals surface area contributed by atoms with Crippen LogP contribution in [0.1, 0.15) is 142 Å². The molecule has 4 heterocycles. The molecule has 0 saturated heterocycles. The molecule has 8 atom stereocenters. The highest BCUT2D eigenvalue weighted by atomic mass is 15.3. The minimum Gasteiger partial charge on any atom is -0.335 e. The summed E-state index contributed by atoms with van der Waals surface area (Å²) in [5, 5.41) is 0. The van der Waals surface area contributed by atoms with Gasteiger partial charge in [-0.25, -0.2) is 0 Å². The number of anilines is 4. The summed E-state index contributed by atoms with van der Waals surface area (Å²) >= 11 is 0. The van der Waals surface area contributed by atoms with Crippen molar-refractivity contribution in [3.63, 3.8) is 0 Å². The second-order valence-corrected chi connectivity index (χ2v) is 20.1. The summed E-state index contributed by atoms with van der Waals surface area (Å²) in [4.78, 5) is 6.00. The van der Waals surface area contributed by atoms with E-state index in [9.17, 15) is 0 Å². The maximum absolute atomic E-state index is 3.00. The van der Waals surface area contributed by atoms with Crippen LogP contribution in [0.5, 0.6) is 0 Å². The largest absolute Gasteiger partial charge is 0.335 e. The molecule has 4 aliphatic heterocycles. The summed E-state index contributed by atoms with van der Waals surface area (Å²) in [6.45, 7) is 18.5. The van der Waals surface area contributed by atoms with Crippen molar-refractivity contribution in [2.75, 3.05) is 9.80 Å². The van der Waals surface area contributed by atoms with Crippen molar-refractivity contribution in [1.82, 2.24) is 0 Å². The summed E-state index contributed by atoms with van der Waals surface area (Å²) in [5.74, 6) is 3.30. The van der Waals surface area contributed by atoms with Gasteiger partial charge in [-0.15, -0.1) is 0 Å². The number of para-hydroxylation sites is 2. The molecule has 0 N–H and O–H groups in total. The number of nitrogens with zero attached hydrogens (tertiary/aromatic N) is 2. The third kappa shape index (κ3) is 3.19. The van der Waals surface area contributed by atoms with E-state index in [1.807, 2.05) is 0 Å². The lowest BCUT2D eigenvalue weighted by atomic mass is 9.33. The van der Waals surface area contributed by atoms with Crippen LogP contribution >= 0.6 is 0 Å². The first-order chi connectivity index (χ1) is 23.4. The Balaban J connectivity index is 1.24. The molecule has 0 amide bonds. The topological polar surface area (TPSA) is 6.48 Å². The van der Waals surface area contributed by atoms with Gasteiger partial charge in [0.15, 0.2) is 0 Å². The fraction of sp³-hybridized carbons (Fsp3) is 0.609. The molecular formula is C46H57BN2. The molecule has 0 radical (unpaired) electrons. The van der Waals surface area contributed by atoms with Gasteiger partial charge in [0.2, 0.25) is 0 Å². The third-order valence-corrected chi connectivity index (χ3v) is 17.6. The summed E-state index contributed by atoms with van der Waals surface area (Å²) in [6, 6.07) is 20.6. The number of benzene rings is 3. The highest BCUT2D eigenvalue weighted by Gasteiger charge is 2.69. The number of hydrogen-bond donors (Lipinski definition) is 0. The number of fused-ring (bicyclic) bond motifs is 14. The molecular weight excluding hydrogens is 591 g/mol. The fourth-order valence-corrected chi connectivity index (χ4v) is 14.9. The molecule has 0 aromatic heterocycles. The molecule has 0 bridgehead atoms. The molecule has 49 heavy (non-hydrogen) atoms. The lowest BCUT2D eigenvalue weighted by Gasteiger charge is -2.60. The van der Waals surface area contributed by atoms with Crippen LogP contribution in [-0.4, -0.2) is 17.8 Å². The molecule has 2 nitrogen and oxygen atoms in total. The van der Waals surface area contributed by atoms with Gasteiger partial charge in [0.25, 0.3) is 6.71 Å². The van der Waals surface area contributed by atoms with E-state index < -0.39 is 0 Å². The molecule has 3 aromatic carbocycles. The standard InChI is InChI=1S/C46H57BN2/c1-42(2,3)30-26-37-39-38(27-30)49-41-34(46(7)32-17-11-9-15-29(32)23-25-44(46,49)5)19-13-21-36(41)47(39)35-20-12-18-33-40(35)48(37)43(4)24-22-28-14-8-10-16-31(28)45(33,43)6/h12-13,18-21,26-29,31-32H,8-11,14-17,22-25H2,1-7H3. The summed E-state index contributed by atoms with van der Waals surface area (Å²) in [7, 11) is 0. The predicted molar refractivity (Wildman–Crippen MR) is 208 cm³/mol. The van der Waals surface area contributed by atoms with Crippen molar-refractivity contribution in [2.45, 2.75) is 153 Å². The van der Waals surface area contributed by atoms with Crippen LogP contribution in [0, 0.1) is 23.7 Å². The van der Waals surface area contributed by atoms with Crippen LogP contribution in [-0.2, 0) is 16.2 Å². The van der Waals surface area contributed by atoms with Crippen molar-refractivity contribution in [3.05, 3.63) is 65.2 Å². The first-order valence-corrected chi connectivity index (χ1v) is 20.5.